The van der Waals surface area contributed by atoms with E-state index >= 15 is 0 Å². The average molecular weight is 205 g/mol. The predicted molar refractivity (Wildman–Crippen MR) is 61.7 cm³/mol. The van der Waals surface area contributed by atoms with Crippen LogP contribution >= 0.6 is 0 Å². The number of ether oxygens (including phenoxy) is 1. The van der Waals surface area contributed by atoms with Crippen molar-refractivity contribution in [1.29, 1.82) is 0 Å². The molecule has 0 radical (unpaired) electrons. The summed E-state index contributed by atoms with van der Waals surface area (Å²) in [6, 6.07) is 8.62. The normalized spacial score (nSPS) is 26.5. The molecule has 1 aromatic rings. The molecule has 0 aliphatic carbocycles. The highest BCUT2D eigenvalue weighted by Gasteiger charge is 2.22. The predicted octanol–water partition coefficient (Wildman–Crippen LogP) is 2.56. The third-order valence-corrected chi connectivity index (χ3v) is 3.06. The molecule has 2 nitrogen and oxygen atoms in total. The van der Waals surface area contributed by atoms with E-state index in [1.165, 1.54) is 17.5 Å². The second kappa shape index (κ2) is 4.77. The van der Waals surface area contributed by atoms with Crippen molar-refractivity contribution in [3.8, 4) is 0 Å². The molecular weight excluding hydrogens is 186 g/mol. The van der Waals surface area contributed by atoms with Gasteiger partial charge in [0, 0.05) is 6.54 Å². The van der Waals surface area contributed by atoms with Crippen molar-refractivity contribution < 1.29 is 4.74 Å². The largest absolute Gasteiger partial charge is 0.369 e. The first-order valence-corrected chi connectivity index (χ1v) is 5.71. The zero-order valence-electron chi connectivity index (χ0n) is 9.28. The lowest BCUT2D eigenvalue weighted by atomic mass is 9.98. The van der Waals surface area contributed by atoms with Crippen LogP contribution in [0.5, 0.6) is 0 Å². The molecule has 2 N–H and O–H groups in total. The maximum Gasteiger partial charge on any atom is 0.0829 e. The second-order valence-corrected chi connectivity index (χ2v) is 4.32. The van der Waals surface area contributed by atoms with E-state index in [2.05, 4.69) is 31.2 Å². The standard InChI is InChI=1S/C13H19NO/c1-10-5-7-11(8-6-10)13-4-2-3-12(9-14)15-13/h5-8,12-13H,2-4,9,14H2,1H3. The first-order valence-electron chi connectivity index (χ1n) is 5.71. The van der Waals surface area contributed by atoms with Gasteiger partial charge in [-0.3, -0.25) is 0 Å². The van der Waals surface area contributed by atoms with Crippen molar-refractivity contribution in [2.45, 2.75) is 38.4 Å². The maximum atomic E-state index is 5.94. The minimum Gasteiger partial charge on any atom is -0.369 e. The van der Waals surface area contributed by atoms with Gasteiger partial charge in [-0.05, 0) is 31.7 Å². The molecule has 82 valence electrons. The smallest absolute Gasteiger partial charge is 0.0829 e. The number of nitrogens with two attached hydrogens (primary N) is 1. The van der Waals surface area contributed by atoms with Gasteiger partial charge >= 0.3 is 0 Å². The summed E-state index contributed by atoms with van der Waals surface area (Å²) in [5.41, 5.74) is 8.23. The van der Waals surface area contributed by atoms with E-state index in [0.29, 0.717) is 6.54 Å². The molecule has 0 saturated carbocycles. The molecule has 2 atom stereocenters. The van der Waals surface area contributed by atoms with E-state index < -0.39 is 0 Å². The van der Waals surface area contributed by atoms with E-state index in [9.17, 15) is 0 Å². The molecule has 0 bridgehead atoms. The summed E-state index contributed by atoms with van der Waals surface area (Å²) in [4.78, 5) is 0. The number of rotatable bonds is 2. The number of hydrogen-bond acceptors (Lipinski definition) is 2. The summed E-state index contributed by atoms with van der Waals surface area (Å²) in [7, 11) is 0. The minimum absolute atomic E-state index is 0.255. The van der Waals surface area contributed by atoms with Crippen LogP contribution in [0.4, 0.5) is 0 Å². The summed E-state index contributed by atoms with van der Waals surface area (Å²) >= 11 is 0. The molecule has 0 aromatic heterocycles. The molecule has 1 aromatic carbocycles. The van der Waals surface area contributed by atoms with Crippen LogP contribution in [0, 0.1) is 6.92 Å². The van der Waals surface area contributed by atoms with Crippen LogP contribution in [-0.4, -0.2) is 12.6 Å². The van der Waals surface area contributed by atoms with Gasteiger partial charge in [-0.15, -0.1) is 0 Å². The van der Waals surface area contributed by atoms with Crippen molar-refractivity contribution in [2.75, 3.05) is 6.54 Å². The van der Waals surface area contributed by atoms with Gasteiger partial charge in [-0.2, -0.15) is 0 Å². The molecule has 2 unspecified atom stereocenters. The third kappa shape index (κ3) is 2.58. The molecule has 2 rings (SSSR count). The van der Waals surface area contributed by atoms with Crippen molar-refractivity contribution >= 4 is 0 Å². The van der Waals surface area contributed by atoms with Gasteiger partial charge in [0.1, 0.15) is 0 Å². The van der Waals surface area contributed by atoms with Crippen molar-refractivity contribution in [1.82, 2.24) is 0 Å². The maximum absolute atomic E-state index is 5.94. The molecule has 1 saturated heterocycles. The highest BCUT2D eigenvalue weighted by molar-refractivity contribution is 5.23. The van der Waals surface area contributed by atoms with Crippen LogP contribution in [0.1, 0.15) is 36.5 Å². The van der Waals surface area contributed by atoms with Crippen LogP contribution in [0.15, 0.2) is 24.3 Å². The van der Waals surface area contributed by atoms with Gasteiger partial charge in [-0.1, -0.05) is 29.8 Å². The van der Waals surface area contributed by atoms with Gasteiger partial charge in [0.25, 0.3) is 0 Å². The first-order chi connectivity index (χ1) is 7.29. The Balaban J connectivity index is 2.06. The highest BCUT2D eigenvalue weighted by atomic mass is 16.5. The van der Waals surface area contributed by atoms with Crippen LogP contribution < -0.4 is 5.73 Å². The Labute approximate surface area is 91.4 Å². The Kier molecular flexibility index (Phi) is 3.39. The number of benzene rings is 1. The fraction of sp³-hybridized carbons (Fsp3) is 0.538. The van der Waals surface area contributed by atoms with Gasteiger partial charge in [0.2, 0.25) is 0 Å². The lowest BCUT2D eigenvalue weighted by Gasteiger charge is -2.29. The van der Waals surface area contributed by atoms with Crippen molar-refractivity contribution in [3.05, 3.63) is 35.4 Å². The van der Waals surface area contributed by atoms with E-state index in [-0.39, 0.29) is 12.2 Å². The van der Waals surface area contributed by atoms with E-state index in [1.54, 1.807) is 0 Å². The highest BCUT2D eigenvalue weighted by Crippen LogP contribution is 2.30. The molecule has 1 fully saturated rings. The Morgan fingerprint density at radius 3 is 2.67 bits per heavy atom. The fourth-order valence-electron chi connectivity index (χ4n) is 2.10. The fourth-order valence-corrected chi connectivity index (χ4v) is 2.10. The zero-order valence-corrected chi connectivity index (χ0v) is 9.28. The average Bonchev–Trinajstić information content (AvgIpc) is 2.30. The molecule has 0 amide bonds. The molecule has 1 aliphatic rings. The SMILES string of the molecule is Cc1ccc(C2CCCC(CN)O2)cc1. The Morgan fingerprint density at radius 2 is 2.00 bits per heavy atom. The molecular formula is C13H19NO. The van der Waals surface area contributed by atoms with Gasteiger partial charge in [-0.25, -0.2) is 0 Å². The quantitative estimate of drug-likeness (QED) is 0.805. The Bertz CT molecular complexity index is 307. The van der Waals surface area contributed by atoms with E-state index in [4.69, 9.17) is 10.5 Å². The number of aryl methyl sites for hydroxylation is 1. The lowest BCUT2D eigenvalue weighted by molar-refractivity contribution is -0.0461. The Hall–Kier alpha value is -0.860. The molecule has 15 heavy (non-hydrogen) atoms. The minimum atomic E-state index is 0.255. The van der Waals surface area contributed by atoms with Gasteiger partial charge < -0.3 is 10.5 Å². The third-order valence-electron chi connectivity index (χ3n) is 3.06. The van der Waals surface area contributed by atoms with Gasteiger partial charge in [0.05, 0.1) is 12.2 Å². The zero-order chi connectivity index (χ0) is 10.7. The molecule has 2 heteroatoms. The van der Waals surface area contributed by atoms with Crippen molar-refractivity contribution in [3.63, 3.8) is 0 Å². The molecule has 0 spiro atoms. The summed E-state index contributed by atoms with van der Waals surface area (Å²) in [6.07, 6.45) is 3.97. The van der Waals surface area contributed by atoms with Crippen LogP contribution in [0.3, 0.4) is 0 Å². The summed E-state index contributed by atoms with van der Waals surface area (Å²) in [6.45, 7) is 2.75. The first kappa shape index (κ1) is 10.7. The second-order valence-electron chi connectivity index (χ2n) is 4.32. The van der Waals surface area contributed by atoms with Crippen LogP contribution in [-0.2, 0) is 4.74 Å². The topological polar surface area (TPSA) is 35.2 Å². The number of hydrogen-bond donors (Lipinski definition) is 1. The monoisotopic (exact) mass is 205 g/mol. The lowest BCUT2D eigenvalue weighted by Crippen LogP contribution is -2.29. The van der Waals surface area contributed by atoms with E-state index in [0.717, 1.165) is 12.8 Å². The summed E-state index contributed by atoms with van der Waals surface area (Å²) in [5, 5.41) is 0. The molecule has 1 aliphatic heterocycles. The van der Waals surface area contributed by atoms with Crippen LogP contribution in [0.25, 0.3) is 0 Å². The summed E-state index contributed by atoms with van der Waals surface area (Å²) < 4.78 is 5.94. The van der Waals surface area contributed by atoms with Gasteiger partial charge in [0.15, 0.2) is 0 Å². The summed E-state index contributed by atoms with van der Waals surface area (Å²) in [5.74, 6) is 0. The van der Waals surface area contributed by atoms with E-state index in [1.807, 2.05) is 0 Å². The molecule has 1 heterocycles. The Morgan fingerprint density at radius 1 is 1.27 bits per heavy atom. The van der Waals surface area contributed by atoms with Crippen LogP contribution in [0.2, 0.25) is 0 Å². The van der Waals surface area contributed by atoms with Crippen molar-refractivity contribution in [2.24, 2.45) is 5.73 Å².